The van der Waals surface area contributed by atoms with Gasteiger partial charge in [0, 0.05) is 30.1 Å². The van der Waals surface area contributed by atoms with Gasteiger partial charge in [-0.15, -0.1) is 11.3 Å². The minimum absolute atomic E-state index is 0.151. The topological polar surface area (TPSA) is 28.2 Å². The van der Waals surface area contributed by atoms with E-state index in [4.69, 9.17) is 4.98 Å². The first kappa shape index (κ1) is 16.4. The lowest BCUT2D eigenvalue weighted by Crippen LogP contribution is -2.34. The molecule has 0 aliphatic rings. The van der Waals surface area contributed by atoms with Gasteiger partial charge in [0.15, 0.2) is 5.13 Å². The second-order valence-electron chi connectivity index (χ2n) is 6.19. The third-order valence-electron chi connectivity index (χ3n) is 3.45. The molecular weight excluding hydrogens is 254 g/mol. The standard InChI is InChI=1S/C15H29N3S/c1-8-12(9-2)18(7)14-17-11(3)13(19-14)10-16-15(4,5)6/h12,16H,8-10H2,1-7H3. The van der Waals surface area contributed by atoms with E-state index in [9.17, 15) is 0 Å². The summed E-state index contributed by atoms with van der Waals surface area (Å²) in [6.07, 6.45) is 2.34. The minimum atomic E-state index is 0.151. The summed E-state index contributed by atoms with van der Waals surface area (Å²) in [6, 6.07) is 0.592. The van der Waals surface area contributed by atoms with Gasteiger partial charge in [0.25, 0.3) is 0 Å². The second-order valence-corrected chi connectivity index (χ2v) is 7.25. The number of hydrogen-bond acceptors (Lipinski definition) is 4. The SMILES string of the molecule is CCC(CC)N(C)c1nc(C)c(CNC(C)(C)C)s1. The summed E-state index contributed by atoms with van der Waals surface area (Å²) in [6.45, 7) is 14.1. The number of rotatable bonds is 6. The predicted octanol–water partition coefficient (Wildman–Crippen LogP) is 3.96. The summed E-state index contributed by atoms with van der Waals surface area (Å²) in [7, 11) is 2.16. The van der Waals surface area contributed by atoms with Crippen LogP contribution in [0.25, 0.3) is 0 Å². The van der Waals surface area contributed by atoms with E-state index >= 15 is 0 Å². The number of anilines is 1. The predicted molar refractivity (Wildman–Crippen MR) is 86.2 cm³/mol. The molecule has 110 valence electrons. The smallest absolute Gasteiger partial charge is 0.185 e. The lowest BCUT2D eigenvalue weighted by Gasteiger charge is -2.25. The Bertz CT molecular complexity index is 389. The van der Waals surface area contributed by atoms with Crippen LogP contribution in [0.4, 0.5) is 5.13 Å². The molecule has 0 amide bonds. The highest BCUT2D eigenvalue weighted by Crippen LogP contribution is 2.28. The maximum Gasteiger partial charge on any atom is 0.185 e. The zero-order valence-electron chi connectivity index (χ0n) is 13.5. The molecule has 19 heavy (non-hydrogen) atoms. The first-order valence-electron chi connectivity index (χ1n) is 7.22. The van der Waals surface area contributed by atoms with E-state index in [1.807, 2.05) is 11.3 Å². The summed E-state index contributed by atoms with van der Waals surface area (Å²) < 4.78 is 0. The van der Waals surface area contributed by atoms with Crippen LogP contribution >= 0.6 is 11.3 Å². The van der Waals surface area contributed by atoms with Crippen LogP contribution in [-0.2, 0) is 6.54 Å². The molecule has 0 spiro atoms. The van der Waals surface area contributed by atoms with Crippen molar-refractivity contribution in [2.24, 2.45) is 0 Å². The van der Waals surface area contributed by atoms with Crippen molar-refractivity contribution in [3.8, 4) is 0 Å². The molecule has 0 bridgehead atoms. The molecule has 4 heteroatoms. The molecule has 0 atom stereocenters. The fourth-order valence-corrected chi connectivity index (χ4v) is 3.10. The van der Waals surface area contributed by atoms with Crippen molar-refractivity contribution in [3.05, 3.63) is 10.6 Å². The van der Waals surface area contributed by atoms with E-state index < -0.39 is 0 Å². The van der Waals surface area contributed by atoms with Gasteiger partial charge in [0.1, 0.15) is 0 Å². The fraction of sp³-hybridized carbons (Fsp3) is 0.800. The van der Waals surface area contributed by atoms with Crippen molar-refractivity contribution in [2.75, 3.05) is 11.9 Å². The minimum Gasteiger partial charge on any atom is -0.348 e. The Morgan fingerprint density at radius 2 is 1.84 bits per heavy atom. The largest absolute Gasteiger partial charge is 0.348 e. The van der Waals surface area contributed by atoms with Crippen LogP contribution in [0.1, 0.15) is 58.0 Å². The van der Waals surface area contributed by atoms with Crippen molar-refractivity contribution in [3.63, 3.8) is 0 Å². The Kier molecular flexibility index (Phi) is 5.81. The zero-order valence-corrected chi connectivity index (χ0v) is 14.3. The van der Waals surface area contributed by atoms with Gasteiger partial charge in [-0.3, -0.25) is 0 Å². The van der Waals surface area contributed by atoms with Gasteiger partial charge in [0.2, 0.25) is 0 Å². The van der Waals surface area contributed by atoms with Gasteiger partial charge >= 0.3 is 0 Å². The maximum atomic E-state index is 4.73. The molecule has 1 aromatic heterocycles. The third kappa shape index (κ3) is 4.77. The van der Waals surface area contributed by atoms with Crippen LogP contribution in [0.5, 0.6) is 0 Å². The average Bonchev–Trinajstić information content (AvgIpc) is 2.68. The number of nitrogens with one attached hydrogen (secondary N) is 1. The Hall–Kier alpha value is -0.610. The molecule has 1 rings (SSSR count). The van der Waals surface area contributed by atoms with Gasteiger partial charge in [-0.2, -0.15) is 0 Å². The van der Waals surface area contributed by atoms with E-state index in [1.54, 1.807) is 0 Å². The molecule has 1 aromatic rings. The molecule has 0 aromatic carbocycles. The molecular formula is C15H29N3S. The van der Waals surface area contributed by atoms with Gasteiger partial charge in [-0.1, -0.05) is 13.8 Å². The monoisotopic (exact) mass is 283 g/mol. The van der Waals surface area contributed by atoms with Crippen LogP contribution in [-0.4, -0.2) is 23.6 Å². The third-order valence-corrected chi connectivity index (χ3v) is 4.70. The molecule has 0 unspecified atom stereocenters. The summed E-state index contributed by atoms with van der Waals surface area (Å²) in [5.74, 6) is 0. The van der Waals surface area contributed by atoms with E-state index in [0.29, 0.717) is 6.04 Å². The Balaban J connectivity index is 2.78. The normalized spacial score (nSPS) is 12.2. The summed E-state index contributed by atoms with van der Waals surface area (Å²) >= 11 is 1.82. The van der Waals surface area contributed by atoms with Gasteiger partial charge < -0.3 is 10.2 Å². The van der Waals surface area contributed by atoms with Crippen LogP contribution in [0, 0.1) is 6.92 Å². The quantitative estimate of drug-likeness (QED) is 0.856. The van der Waals surface area contributed by atoms with Crippen molar-refractivity contribution in [1.82, 2.24) is 10.3 Å². The molecule has 0 aliphatic carbocycles. The average molecular weight is 283 g/mol. The van der Waals surface area contributed by atoms with Crippen molar-refractivity contribution in [2.45, 2.75) is 72.5 Å². The molecule has 0 fully saturated rings. The number of thiazole rings is 1. The van der Waals surface area contributed by atoms with Crippen LogP contribution in [0.3, 0.4) is 0 Å². The zero-order chi connectivity index (χ0) is 14.6. The Morgan fingerprint density at radius 3 is 2.32 bits per heavy atom. The Labute approximate surface area is 122 Å². The number of nitrogens with zero attached hydrogens (tertiary/aromatic N) is 2. The highest BCUT2D eigenvalue weighted by Gasteiger charge is 2.17. The number of hydrogen-bond donors (Lipinski definition) is 1. The first-order valence-corrected chi connectivity index (χ1v) is 8.04. The first-order chi connectivity index (χ1) is 8.78. The number of aryl methyl sites for hydroxylation is 1. The van der Waals surface area contributed by atoms with Gasteiger partial charge in [-0.05, 0) is 40.5 Å². The lowest BCUT2D eigenvalue weighted by molar-refractivity contribution is 0.425. The highest BCUT2D eigenvalue weighted by molar-refractivity contribution is 7.15. The molecule has 0 saturated heterocycles. The summed E-state index contributed by atoms with van der Waals surface area (Å²) in [5, 5.41) is 4.69. The van der Waals surface area contributed by atoms with Gasteiger partial charge in [-0.25, -0.2) is 4.98 Å². The molecule has 0 radical (unpaired) electrons. The molecule has 1 heterocycles. The van der Waals surface area contributed by atoms with Crippen molar-refractivity contribution < 1.29 is 0 Å². The van der Waals surface area contributed by atoms with Crippen LogP contribution < -0.4 is 10.2 Å². The van der Waals surface area contributed by atoms with Gasteiger partial charge in [0.05, 0.1) is 5.69 Å². The highest BCUT2D eigenvalue weighted by atomic mass is 32.1. The fourth-order valence-electron chi connectivity index (χ4n) is 2.07. The lowest BCUT2D eigenvalue weighted by atomic mass is 10.1. The molecule has 3 nitrogen and oxygen atoms in total. The van der Waals surface area contributed by atoms with E-state index in [1.165, 1.54) is 17.7 Å². The maximum absolute atomic E-state index is 4.73. The molecule has 1 N–H and O–H groups in total. The molecule has 0 saturated carbocycles. The molecule has 0 aliphatic heterocycles. The summed E-state index contributed by atoms with van der Waals surface area (Å²) in [5.41, 5.74) is 1.31. The second kappa shape index (κ2) is 6.71. The van der Waals surface area contributed by atoms with E-state index in [2.05, 4.69) is 58.8 Å². The van der Waals surface area contributed by atoms with Crippen LogP contribution in [0.15, 0.2) is 0 Å². The van der Waals surface area contributed by atoms with Crippen LogP contribution in [0.2, 0.25) is 0 Å². The summed E-state index contributed by atoms with van der Waals surface area (Å²) in [4.78, 5) is 8.41. The Morgan fingerprint density at radius 1 is 1.26 bits per heavy atom. The van der Waals surface area contributed by atoms with E-state index in [-0.39, 0.29) is 5.54 Å². The number of aromatic nitrogens is 1. The van der Waals surface area contributed by atoms with E-state index in [0.717, 1.165) is 17.4 Å². The van der Waals surface area contributed by atoms with Crippen molar-refractivity contribution in [1.29, 1.82) is 0 Å². The van der Waals surface area contributed by atoms with Crippen molar-refractivity contribution >= 4 is 16.5 Å².